The molecule has 0 N–H and O–H groups in total. The maximum absolute atomic E-state index is 4.16. The first-order valence-corrected chi connectivity index (χ1v) is 6.72. The highest BCUT2D eigenvalue weighted by molar-refractivity contribution is 8.27. The molecule has 0 aliphatic heterocycles. The Kier molecular flexibility index (Phi) is 2.58. The van der Waals surface area contributed by atoms with E-state index in [0.29, 0.717) is 0 Å². The lowest BCUT2D eigenvalue weighted by Gasteiger charge is -2.16. The van der Waals surface area contributed by atoms with Gasteiger partial charge in [-0.3, -0.25) is 0 Å². The van der Waals surface area contributed by atoms with E-state index in [-0.39, 0.29) is 0 Å². The second-order valence-corrected chi connectivity index (χ2v) is 6.96. The molecule has 0 saturated carbocycles. The molecule has 0 bridgehead atoms. The Morgan fingerprint density at radius 2 is 1.38 bits per heavy atom. The van der Waals surface area contributed by atoms with E-state index in [1.165, 1.54) is 21.6 Å². The molecule has 0 fully saturated rings. The molecule has 0 heterocycles. The maximum atomic E-state index is 4.16. The normalized spacial score (nSPS) is 11.7. The lowest BCUT2D eigenvalue weighted by atomic mass is 10.1. The van der Waals surface area contributed by atoms with E-state index in [2.05, 4.69) is 50.9 Å². The van der Waals surface area contributed by atoms with Crippen LogP contribution in [-0.4, -0.2) is 18.0 Å². The fourth-order valence-corrected chi connectivity index (χ4v) is 3.62. The van der Waals surface area contributed by atoms with Crippen LogP contribution in [0.15, 0.2) is 17.0 Å². The molecule has 0 unspecified atom stereocenters. The first kappa shape index (κ1) is 10.4. The Morgan fingerprint density at radius 1 is 1.00 bits per heavy atom. The van der Waals surface area contributed by atoms with Crippen LogP contribution in [0.3, 0.4) is 0 Å². The molecule has 0 spiro atoms. The van der Waals surface area contributed by atoms with Crippen molar-refractivity contribution < 1.29 is 0 Å². The van der Waals surface area contributed by atoms with Gasteiger partial charge in [-0.05, 0) is 38.2 Å². The molecule has 0 atom stereocenters. The summed E-state index contributed by atoms with van der Waals surface area (Å²) in [5.41, 5.74) is 3.99. The quantitative estimate of drug-likeness (QED) is 0.602. The van der Waals surface area contributed by atoms with Crippen LogP contribution in [0.2, 0.25) is 0 Å². The van der Waals surface area contributed by atoms with E-state index in [1.807, 2.05) is 0 Å². The zero-order valence-corrected chi connectivity index (χ0v) is 9.79. The average molecular weight is 194 g/mol. The van der Waals surface area contributed by atoms with Crippen LogP contribution >= 0.6 is 9.21 Å². The summed E-state index contributed by atoms with van der Waals surface area (Å²) >= 11 is 0. The molecule has 1 aromatic rings. The first-order valence-electron chi connectivity index (χ1n) is 4.34. The fraction of sp³-hybridized carbons (Fsp3) is 0.333. The minimum atomic E-state index is -1.08. The third-order valence-corrected chi connectivity index (χ3v) is 3.73. The van der Waals surface area contributed by atoms with Crippen LogP contribution in [0.1, 0.15) is 16.7 Å². The van der Waals surface area contributed by atoms with Crippen molar-refractivity contribution >= 4 is 20.9 Å². The van der Waals surface area contributed by atoms with Crippen LogP contribution in [0.5, 0.6) is 0 Å². The van der Waals surface area contributed by atoms with Gasteiger partial charge in [0.05, 0.1) is 0 Å². The Hall–Kier alpha value is -0.690. The van der Waals surface area contributed by atoms with E-state index in [1.54, 1.807) is 0 Å². The third-order valence-electron chi connectivity index (χ3n) is 2.10. The van der Waals surface area contributed by atoms with Gasteiger partial charge in [0.25, 0.3) is 0 Å². The van der Waals surface area contributed by atoms with Gasteiger partial charge in [-0.2, -0.15) is 9.21 Å². The van der Waals surface area contributed by atoms with Crippen LogP contribution in [0, 0.1) is 20.8 Å². The lowest BCUT2D eigenvalue weighted by Crippen LogP contribution is -1.90. The van der Waals surface area contributed by atoms with E-state index in [9.17, 15) is 0 Å². The largest absolute Gasteiger partial charge is 0.190 e. The summed E-state index contributed by atoms with van der Waals surface area (Å²) in [6.07, 6.45) is 2.14. The van der Waals surface area contributed by atoms with E-state index in [0.717, 1.165) is 0 Å². The predicted octanol–water partition coefficient (Wildman–Crippen LogP) is 3.27. The SMILES string of the molecule is C=S(=C)(C)c1c(C)cc(C)cc1C. The monoisotopic (exact) mass is 194 g/mol. The van der Waals surface area contributed by atoms with Crippen molar-refractivity contribution in [1.29, 1.82) is 0 Å². The fourth-order valence-electron chi connectivity index (χ4n) is 1.94. The molecule has 1 aromatic carbocycles. The highest BCUT2D eigenvalue weighted by Gasteiger charge is 2.05. The van der Waals surface area contributed by atoms with Crippen molar-refractivity contribution in [1.82, 2.24) is 0 Å². The van der Waals surface area contributed by atoms with E-state index < -0.39 is 9.21 Å². The van der Waals surface area contributed by atoms with Crippen molar-refractivity contribution in [3.8, 4) is 0 Å². The number of hydrogen-bond donors (Lipinski definition) is 0. The van der Waals surface area contributed by atoms with Crippen molar-refractivity contribution in [2.45, 2.75) is 25.7 Å². The molecule has 1 rings (SSSR count). The van der Waals surface area contributed by atoms with Crippen LogP contribution in [0.4, 0.5) is 0 Å². The Bertz CT molecular complexity index is 399. The average Bonchev–Trinajstić information content (AvgIpc) is 1.78. The number of aryl methyl sites for hydroxylation is 3. The summed E-state index contributed by atoms with van der Waals surface area (Å²) in [5, 5.41) is 0. The molecule has 0 amide bonds. The summed E-state index contributed by atoms with van der Waals surface area (Å²) in [7, 11) is -1.08. The highest BCUT2D eigenvalue weighted by Crippen LogP contribution is 2.34. The molecule has 0 saturated heterocycles. The van der Waals surface area contributed by atoms with E-state index in [4.69, 9.17) is 0 Å². The van der Waals surface area contributed by atoms with Crippen molar-refractivity contribution in [3.63, 3.8) is 0 Å². The van der Waals surface area contributed by atoms with E-state index >= 15 is 0 Å². The summed E-state index contributed by atoms with van der Waals surface area (Å²) in [5.74, 6) is 8.33. The minimum absolute atomic E-state index is 1.08. The number of rotatable bonds is 1. The standard InChI is InChI=1S/C12H18S/c1-9-7-10(2)12(11(3)8-9)13(4,5)6/h7-8H,4-5H2,1-3,6H3. The van der Waals surface area contributed by atoms with Gasteiger partial charge in [0, 0.05) is 4.90 Å². The maximum Gasteiger partial charge on any atom is 0.00173 e. The summed E-state index contributed by atoms with van der Waals surface area (Å²) in [6, 6.07) is 4.42. The predicted molar refractivity (Wildman–Crippen MR) is 66.7 cm³/mol. The van der Waals surface area contributed by atoms with Gasteiger partial charge in [0.2, 0.25) is 0 Å². The first-order chi connectivity index (χ1) is 5.82. The summed E-state index contributed by atoms with van der Waals surface area (Å²) in [4.78, 5) is 1.36. The zero-order chi connectivity index (χ0) is 10.2. The smallest absolute Gasteiger partial charge is 0.00173 e. The zero-order valence-electron chi connectivity index (χ0n) is 8.98. The van der Waals surface area contributed by atoms with Gasteiger partial charge in [-0.15, -0.1) is 0 Å². The van der Waals surface area contributed by atoms with Crippen molar-refractivity contribution in [2.75, 3.05) is 6.26 Å². The van der Waals surface area contributed by atoms with Crippen LogP contribution in [-0.2, 0) is 0 Å². The number of hydrogen-bond acceptors (Lipinski definition) is 0. The molecule has 0 aliphatic carbocycles. The Morgan fingerprint density at radius 3 is 1.69 bits per heavy atom. The number of benzene rings is 1. The molecule has 1 heteroatoms. The molecule has 0 nitrogen and oxygen atoms in total. The van der Waals surface area contributed by atoms with Crippen molar-refractivity contribution in [2.24, 2.45) is 0 Å². The molecular weight excluding hydrogens is 176 g/mol. The van der Waals surface area contributed by atoms with Gasteiger partial charge in [0.1, 0.15) is 0 Å². The Balaban J connectivity index is 3.57. The second-order valence-electron chi connectivity index (χ2n) is 4.00. The lowest BCUT2D eigenvalue weighted by molar-refractivity contribution is 1.19. The van der Waals surface area contributed by atoms with Crippen LogP contribution < -0.4 is 0 Å². The molecular formula is C12H18S. The molecule has 13 heavy (non-hydrogen) atoms. The van der Waals surface area contributed by atoms with Gasteiger partial charge in [-0.1, -0.05) is 29.4 Å². The second kappa shape index (κ2) is 3.22. The van der Waals surface area contributed by atoms with Crippen molar-refractivity contribution in [3.05, 3.63) is 28.8 Å². The van der Waals surface area contributed by atoms with Gasteiger partial charge in [-0.25, -0.2) is 0 Å². The van der Waals surface area contributed by atoms with Gasteiger partial charge >= 0.3 is 0 Å². The molecule has 0 aromatic heterocycles. The molecule has 72 valence electrons. The van der Waals surface area contributed by atoms with Gasteiger partial charge in [0.15, 0.2) is 0 Å². The highest BCUT2D eigenvalue weighted by atomic mass is 32.2. The van der Waals surface area contributed by atoms with Crippen LogP contribution in [0.25, 0.3) is 0 Å². The molecule has 0 aliphatic rings. The van der Waals surface area contributed by atoms with Gasteiger partial charge < -0.3 is 0 Å². The Labute approximate surface area is 82.1 Å². The topological polar surface area (TPSA) is 0 Å². The summed E-state index contributed by atoms with van der Waals surface area (Å²) in [6.45, 7) is 6.43. The minimum Gasteiger partial charge on any atom is -0.190 e. The molecule has 0 radical (unpaired) electrons. The third kappa shape index (κ3) is 2.16. The summed E-state index contributed by atoms with van der Waals surface area (Å²) < 4.78 is 0.